The van der Waals surface area contributed by atoms with Crippen LogP contribution >= 0.6 is 0 Å². The summed E-state index contributed by atoms with van der Waals surface area (Å²) >= 11 is 0. The molecule has 286 valence electrons. The van der Waals surface area contributed by atoms with Crippen molar-refractivity contribution in [2.75, 3.05) is 51.8 Å². The zero-order valence-corrected chi connectivity index (χ0v) is 31.2. The highest BCUT2D eigenvalue weighted by molar-refractivity contribution is 5.95. The molecule has 2 aromatic carbocycles. The number of carboxylic acids is 2. The van der Waals surface area contributed by atoms with Crippen molar-refractivity contribution in [3.8, 4) is 5.75 Å². The zero-order valence-electron chi connectivity index (χ0n) is 31.2. The molecular formula is C42H50N4O8. The SMILES string of the molecule is CC[C@@]1(O)CN2CCc3c([nH]c4ccccc34)[C@@](C(=O)O)(c3cc4c(cc3OC)N(C)[C@H]3[C@@](O)(C(=O)O)[C@H](O)[C@]5(CC)C=CCN6CC[C@]43[C@@H]65)C3C1[C@@H]3C2. The lowest BCUT2D eigenvalue weighted by molar-refractivity contribution is -0.215. The van der Waals surface area contributed by atoms with Crippen molar-refractivity contribution in [2.45, 2.75) is 79.8 Å². The van der Waals surface area contributed by atoms with Gasteiger partial charge >= 0.3 is 11.9 Å². The zero-order chi connectivity index (χ0) is 37.9. The molecule has 0 amide bonds. The largest absolute Gasteiger partial charge is 0.496 e. The first-order valence-corrected chi connectivity index (χ1v) is 19.6. The molecule has 5 aliphatic heterocycles. The molecule has 2 aliphatic carbocycles. The van der Waals surface area contributed by atoms with E-state index in [0.717, 1.165) is 22.0 Å². The minimum atomic E-state index is -2.55. The molecule has 54 heavy (non-hydrogen) atoms. The molecule has 12 heteroatoms. The molecule has 2 saturated heterocycles. The highest BCUT2D eigenvalue weighted by atomic mass is 16.5. The summed E-state index contributed by atoms with van der Waals surface area (Å²) in [5.41, 5.74) is -3.09. The van der Waals surface area contributed by atoms with Gasteiger partial charge in [-0.1, -0.05) is 44.2 Å². The molecule has 10 rings (SSSR count). The standard InChI is InChI=1S/C42H50N4O8/c1-5-38-13-9-15-46-17-14-40(33(38)46)25-18-26(29(54-4)19-28(25)44(3)34(40)42(53,35(38)47)37(50)51)41(36(48)49)31-24-20-45(21-39(52,6-2)30(24)31)16-12-23-22-10-7-8-11-27(22)43-32(23)41/h7-11,13,18-19,24,30-31,33-35,43,47,52-53H,5-6,12,14-17,20-21H2,1-4H3,(H,48,49)(H,50,51)/t24-,30?,31?,33-,34+,35+,38+,39+,40+,41+,42-/m0/s1. The minimum Gasteiger partial charge on any atom is -0.496 e. The Hall–Kier alpha value is -3.94. The molecule has 4 fully saturated rings. The predicted molar refractivity (Wildman–Crippen MR) is 200 cm³/mol. The van der Waals surface area contributed by atoms with E-state index in [0.29, 0.717) is 81.1 Å². The van der Waals surface area contributed by atoms with Gasteiger partial charge in [0.25, 0.3) is 0 Å². The summed E-state index contributed by atoms with van der Waals surface area (Å²) < 4.78 is 6.24. The van der Waals surface area contributed by atoms with Crippen LogP contribution in [0.3, 0.4) is 0 Å². The number of piperidine rings is 1. The van der Waals surface area contributed by atoms with Gasteiger partial charge in [-0.2, -0.15) is 0 Å². The number of carboxylic acid groups (broad SMARTS) is 2. The number of aromatic amines is 1. The Bertz CT molecular complexity index is 2170. The lowest BCUT2D eigenvalue weighted by Crippen LogP contribution is -2.80. The number of fused-ring (bicyclic) bond motifs is 6. The second-order valence-electron chi connectivity index (χ2n) is 17.5. The number of hydrogen-bond acceptors (Lipinski definition) is 9. The van der Waals surface area contributed by atoms with Crippen LogP contribution in [0.15, 0.2) is 48.6 Å². The van der Waals surface area contributed by atoms with Gasteiger partial charge < -0.3 is 40.2 Å². The lowest BCUT2D eigenvalue weighted by Gasteiger charge is -2.62. The van der Waals surface area contributed by atoms with Gasteiger partial charge in [0.15, 0.2) is 0 Å². The Labute approximate surface area is 314 Å². The normalized spacial score (nSPS) is 42.6. The second-order valence-corrected chi connectivity index (χ2v) is 17.5. The Morgan fingerprint density at radius 1 is 1.00 bits per heavy atom. The Balaban J connectivity index is 1.31. The first-order valence-electron chi connectivity index (χ1n) is 19.6. The number of aliphatic hydroxyl groups excluding tert-OH is 1. The second kappa shape index (κ2) is 10.9. The maximum absolute atomic E-state index is 14.8. The molecule has 3 aromatic rings. The number of aliphatic carboxylic acids is 2. The summed E-state index contributed by atoms with van der Waals surface area (Å²) in [6.07, 6.45) is 4.29. The fraction of sp³-hybridized carbons (Fsp3) is 0.571. The summed E-state index contributed by atoms with van der Waals surface area (Å²) in [7, 11) is 3.31. The number of carbonyl (C=O) groups is 2. The fourth-order valence-corrected chi connectivity index (χ4v) is 13.8. The molecule has 7 aliphatic rings. The number of methoxy groups -OCH3 is 1. The highest BCUT2D eigenvalue weighted by Gasteiger charge is 2.80. The molecule has 2 saturated carbocycles. The molecule has 12 atom stereocenters. The topological polar surface area (TPSA) is 170 Å². The number of hydrogen-bond donors (Lipinski definition) is 6. The number of likely N-dealkylation sites (N-methyl/N-ethyl adjacent to an activating group) is 1. The molecular weight excluding hydrogens is 688 g/mol. The van der Waals surface area contributed by atoms with E-state index in [4.69, 9.17) is 4.74 Å². The van der Waals surface area contributed by atoms with Crippen LogP contribution in [-0.2, 0) is 26.8 Å². The third kappa shape index (κ3) is 3.68. The van der Waals surface area contributed by atoms with Gasteiger partial charge in [0.1, 0.15) is 17.3 Å². The first-order chi connectivity index (χ1) is 25.8. The first kappa shape index (κ1) is 34.5. The van der Waals surface area contributed by atoms with Crippen LogP contribution in [-0.4, -0.2) is 129 Å². The van der Waals surface area contributed by atoms with Gasteiger partial charge in [-0.25, -0.2) is 4.79 Å². The van der Waals surface area contributed by atoms with E-state index >= 15 is 0 Å². The van der Waals surface area contributed by atoms with E-state index in [1.807, 2.05) is 62.4 Å². The van der Waals surface area contributed by atoms with E-state index < -0.39 is 57.4 Å². The molecule has 1 spiro atoms. The summed E-state index contributed by atoms with van der Waals surface area (Å²) in [4.78, 5) is 38.3. The quantitative estimate of drug-likeness (QED) is 0.206. The van der Waals surface area contributed by atoms with E-state index in [1.54, 1.807) is 11.9 Å². The maximum atomic E-state index is 14.8. The van der Waals surface area contributed by atoms with Crippen LogP contribution in [0.1, 0.15) is 55.5 Å². The van der Waals surface area contributed by atoms with Crippen LogP contribution < -0.4 is 9.64 Å². The van der Waals surface area contributed by atoms with Crippen molar-refractivity contribution >= 4 is 28.5 Å². The van der Waals surface area contributed by atoms with E-state index in [1.165, 1.54) is 7.11 Å². The number of benzene rings is 2. The Kier molecular flexibility index (Phi) is 6.96. The third-order valence-electron chi connectivity index (χ3n) is 15.8. The number of nitrogens with zero attached hydrogens (tertiary/aromatic N) is 3. The van der Waals surface area contributed by atoms with Crippen LogP contribution in [0.5, 0.6) is 5.75 Å². The lowest BCUT2D eigenvalue weighted by atomic mass is 9.47. The van der Waals surface area contributed by atoms with E-state index in [9.17, 15) is 35.1 Å². The number of aromatic nitrogens is 1. The number of aliphatic hydroxyl groups is 3. The van der Waals surface area contributed by atoms with E-state index in [2.05, 4.69) is 14.8 Å². The van der Waals surface area contributed by atoms with Crippen molar-refractivity contribution in [3.05, 3.63) is 70.9 Å². The molecule has 2 bridgehead atoms. The summed E-state index contributed by atoms with van der Waals surface area (Å²) in [6, 6.07) is 10.3. The number of anilines is 1. The smallest absolute Gasteiger partial charge is 0.340 e. The molecule has 6 heterocycles. The Morgan fingerprint density at radius 2 is 1.78 bits per heavy atom. The average molecular weight is 739 g/mol. The molecule has 1 aromatic heterocycles. The predicted octanol–water partition coefficient (Wildman–Crippen LogP) is 2.71. The van der Waals surface area contributed by atoms with Gasteiger partial charge in [0, 0.05) is 84.0 Å². The molecule has 3 unspecified atom stereocenters. The average Bonchev–Trinajstić information content (AvgIpc) is 3.46. The number of H-pyrrole nitrogens is 1. The number of para-hydroxylation sites is 1. The van der Waals surface area contributed by atoms with Crippen LogP contribution in [0.4, 0.5) is 5.69 Å². The number of rotatable bonds is 6. The maximum Gasteiger partial charge on any atom is 0.340 e. The molecule has 6 N–H and O–H groups in total. The van der Waals surface area contributed by atoms with Gasteiger partial charge in [-0.3, -0.25) is 14.6 Å². The number of ether oxygens (including phenoxy) is 1. The molecule has 0 radical (unpaired) electrons. The van der Waals surface area contributed by atoms with Crippen molar-refractivity contribution in [1.82, 2.24) is 14.8 Å². The fourth-order valence-electron chi connectivity index (χ4n) is 13.8. The summed E-state index contributed by atoms with van der Waals surface area (Å²) in [5.74, 6) is -3.02. The monoisotopic (exact) mass is 738 g/mol. The van der Waals surface area contributed by atoms with Crippen molar-refractivity contribution in [2.24, 2.45) is 23.2 Å². The summed E-state index contributed by atoms with van der Waals surface area (Å²) in [6.45, 7) is 7.00. The van der Waals surface area contributed by atoms with Crippen molar-refractivity contribution in [3.63, 3.8) is 0 Å². The minimum absolute atomic E-state index is 0.0937. The number of nitrogens with one attached hydrogen (secondary N) is 1. The van der Waals surface area contributed by atoms with Crippen LogP contribution in [0, 0.1) is 23.2 Å². The third-order valence-corrected chi connectivity index (χ3v) is 15.8. The van der Waals surface area contributed by atoms with Crippen LogP contribution in [0.2, 0.25) is 0 Å². The van der Waals surface area contributed by atoms with Gasteiger partial charge in [0.05, 0.1) is 18.8 Å². The van der Waals surface area contributed by atoms with Crippen molar-refractivity contribution in [1.29, 1.82) is 0 Å². The Morgan fingerprint density at radius 3 is 2.48 bits per heavy atom. The molecule has 12 nitrogen and oxygen atoms in total. The van der Waals surface area contributed by atoms with Gasteiger partial charge in [0.2, 0.25) is 5.60 Å². The van der Waals surface area contributed by atoms with Gasteiger partial charge in [-0.05, 0) is 73.2 Å². The van der Waals surface area contributed by atoms with Gasteiger partial charge in [-0.15, -0.1) is 0 Å². The highest BCUT2D eigenvalue weighted by Crippen LogP contribution is 2.71. The van der Waals surface area contributed by atoms with E-state index in [-0.39, 0.29) is 17.9 Å². The van der Waals surface area contributed by atoms with Crippen LogP contribution in [0.25, 0.3) is 10.9 Å². The van der Waals surface area contributed by atoms with Crippen molar-refractivity contribution < 1.29 is 39.9 Å². The summed E-state index contributed by atoms with van der Waals surface area (Å²) in [5, 5.41) is 61.1.